The maximum atomic E-state index is 13.4. The highest BCUT2D eigenvalue weighted by molar-refractivity contribution is 6.31. The van der Waals surface area contributed by atoms with Crippen molar-refractivity contribution in [1.82, 2.24) is 5.32 Å². The van der Waals surface area contributed by atoms with Crippen LogP contribution < -0.4 is 5.32 Å². The lowest BCUT2D eigenvalue weighted by Crippen LogP contribution is -2.32. The van der Waals surface area contributed by atoms with E-state index in [0.717, 1.165) is 31.6 Å². The Balaban J connectivity index is 2.32. The molecule has 1 fully saturated rings. The highest BCUT2D eigenvalue weighted by Gasteiger charge is 2.28. The normalized spacial score (nSPS) is 21.2. The van der Waals surface area contributed by atoms with Gasteiger partial charge in [0, 0.05) is 11.6 Å². The molecule has 1 aromatic rings. The van der Waals surface area contributed by atoms with Gasteiger partial charge >= 0.3 is 0 Å². The molecule has 0 bridgehead atoms. The van der Waals surface area contributed by atoms with E-state index in [9.17, 15) is 4.39 Å². The Bertz CT molecular complexity index is 419. The van der Waals surface area contributed by atoms with Crippen LogP contribution in [-0.2, 0) is 4.74 Å². The smallest absolute Gasteiger partial charge is 0.127 e. The van der Waals surface area contributed by atoms with Crippen LogP contribution in [0.3, 0.4) is 0 Å². The first-order chi connectivity index (χ1) is 8.63. The van der Waals surface area contributed by atoms with Crippen molar-refractivity contribution < 1.29 is 9.13 Å². The van der Waals surface area contributed by atoms with Gasteiger partial charge in [-0.2, -0.15) is 0 Å². The lowest BCUT2D eigenvalue weighted by Gasteiger charge is -2.25. The summed E-state index contributed by atoms with van der Waals surface area (Å²) in [6, 6.07) is 3.27. The Labute approximate surface area is 112 Å². The first kappa shape index (κ1) is 13.8. The van der Waals surface area contributed by atoms with Gasteiger partial charge in [0.1, 0.15) is 5.82 Å². The van der Waals surface area contributed by atoms with Gasteiger partial charge in [0.05, 0.1) is 12.1 Å². The van der Waals surface area contributed by atoms with E-state index in [1.54, 1.807) is 6.92 Å². The Morgan fingerprint density at radius 1 is 1.56 bits per heavy atom. The molecule has 100 valence electrons. The molecule has 1 aromatic carbocycles. The zero-order chi connectivity index (χ0) is 13.1. The largest absolute Gasteiger partial charge is 0.376 e. The maximum absolute atomic E-state index is 13.4. The van der Waals surface area contributed by atoms with Crippen molar-refractivity contribution in [3.05, 3.63) is 34.1 Å². The van der Waals surface area contributed by atoms with Crippen molar-refractivity contribution in [2.45, 2.75) is 38.8 Å². The van der Waals surface area contributed by atoms with Crippen LogP contribution in [0.5, 0.6) is 0 Å². The van der Waals surface area contributed by atoms with Gasteiger partial charge < -0.3 is 10.1 Å². The molecule has 1 aliphatic heterocycles. The third-order valence-corrected chi connectivity index (χ3v) is 3.70. The molecule has 0 amide bonds. The molecule has 0 saturated carbocycles. The molecule has 2 nitrogen and oxygen atoms in total. The van der Waals surface area contributed by atoms with Crippen molar-refractivity contribution in [3.63, 3.8) is 0 Å². The highest BCUT2D eigenvalue weighted by atomic mass is 35.5. The monoisotopic (exact) mass is 271 g/mol. The topological polar surface area (TPSA) is 21.3 Å². The molecule has 0 spiro atoms. The number of rotatable bonds is 4. The van der Waals surface area contributed by atoms with Crippen LogP contribution in [-0.4, -0.2) is 19.3 Å². The minimum absolute atomic E-state index is 0.0456. The van der Waals surface area contributed by atoms with Crippen LogP contribution in [0.2, 0.25) is 5.02 Å². The Morgan fingerprint density at radius 2 is 2.33 bits per heavy atom. The van der Waals surface area contributed by atoms with E-state index in [-0.39, 0.29) is 18.0 Å². The summed E-state index contributed by atoms with van der Waals surface area (Å²) in [5.41, 5.74) is 1.56. The Morgan fingerprint density at radius 3 is 2.94 bits per heavy atom. The molecule has 2 rings (SSSR count). The number of ether oxygens (including phenoxy) is 1. The minimum Gasteiger partial charge on any atom is -0.376 e. The van der Waals surface area contributed by atoms with Crippen molar-refractivity contribution in [3.8, 4) is 0 Å². The number of likely N-dealkylation sites (N-methyl/N-ethyl adjacent to an activating group) is 1. The lowest BCUT2D eigenvalue weighted by atomic mass is 9.97. The average molecular weight is 272 g/mol. The van der Waals surface area contributed by atoms with Crippen LogP contribution in [0.15, 0.2) is 12.1 Å². The summed E-state index contributed by atoms with van der Waals surface area (Å²) < 4.78 is 19.2. The molecule has 1 saturated heterocycles. The van der Waals surface area contributed by atoms with Crippen LogP contribution in [0.4, 0.5) is 4.39 Å². The third-order valence-electron chi connectivity index (χ3n) is 3.37. The summed E-state index contributed by atoms with van der Waals surface area (Å²) in [6.45, 7) is 5.43. The van der Waals surface area contributed by atoms with Crippen LogP contribution >= 0.6 is 11.6 Å². The second-order valence-corrected chi connectivity index (χ2v) is 5.12. The zero-order valence-corrected chi connectivity index (χ0v) is 11.6. The molecule has 18 heavy (non-hydrogen) atoms. The molecule has 2 unspecified atom stereocenters. The number of aryl methyl sites for hydroxylation is 1. The Kier molecular flexibility index (Phi) is 4.60. The molecule has 0 radical (unpaired) electrons. The number of benzene rings is 1. The van der Waals surface area contributed by atoms with E-state index in [1.807, 2.05) is 13.0 Å². The van der Waals surface area contributed by atoms with Gasteiger partial charge in [-0.15, -0.1) is 0 Å². The van der Waals surface area contributed by atoms with Crippen molar-refractivity contribution >= 4 is 11.6 Å². The molecule has 4 heteroatoms. The molecular weight excluding hydrogens is 253 g/mol. The van der Waals surface area contributed by atoms with E-state index in [1.165, 1.54) is 6.07 Å². The SMILES string of the molecule is CCNC(c1cc(C)c(F)cc1Cl)C1CCCO1. The standard InChI is InChI=1S/C14H19ClFNO/c1-3-17-14(13-5-4-6-18-13)10-7-9(2)12(16)8-11(10)15/h7-8,13-14,17H,3-6H2,1-2H3. The number of nitrogens with one attached hydrogen (secondary N) is 1. The van der Waals surface area contributed by atoms with E-state index >= 15 is 0 Å². The lowest BCUT2D eigenvalue weighted by molar-refractivity contribution is 0.0788. The van der Waals surface area contributed by atoms with Gasteiger partial charge in [0.25, 0.3) is 0 Å². The van der Waals surface area contributed by atoms with Gasteiger partial charge in [-0.25, -0.2) is 4.39 Å². The fourth-order valence-electron chi connectivity index (χ4n) is 2.44. The molecule has 0 aliphatic carbocycles. The average Bonchev–Trinajstić information content (AvgIpc) is 2.85. The van der Waals surface area contributed by atoms with E-state index in [0.29, 0.717) is 10.6 Å². The van der Waals surface area contributed by atoms with Crippen molar-refractivity contribution in [2.24, 2.45) is 0 Å². The van der Waals surface area contributed by atoms with E-state index in [2.05, 4.69) is 5.32 Å². The quantitative estimate of drug-likeness (QED) is 0.903. The summed E-state index contributed by atoms with van der Waals surface area (Å²) in [7, 11) is 0. The molecule has 0 aromatic heterocycles. The Hall–Kier alpha value is -0.640. The summed E-state index contributed by atoms with van der Waals surface area (Å²) >= 11 is 6.17. The fourth-order valence-corrected chi connectivity index (χ4v) is 2.71. The van der Waals surface area contributed by atoms with Gasteiger partial charge in [-0.05, 0) is 43.5 Å². The molecule has 1 heterocycles. The zero-order valence-electron chi connectivity index (χ0n) is 10.8. The predicted molar refractivity (Wildman–Crippen MR) is 71.5 cm³/mol. The van der Waals surface area contributed by atoms with Crippen LogP contribution in [0.1, 0.15) is 36.9 Å². The first-order valence-corrected chi connectivity index (χ1v) is 6.81. The number of hydrogen-bond acceptors (Lipinski definition) is 2. The third kappa shape index (κ3) is 2.85. The second-order valence-electron chi connectivity index (χ2n) is 4.71. The van der Waals surface area contributed by atoms with Gasteiger partial charge in [0.2, 0.25) is 0 Å². The van der Waals surface area contributed by atoms with Crippen LogP contribution in [0.25, 0.3) is 0 Å². The first-order valence-electron chi connectivity index (χ1n) is 6.44. The van der Waals surface area contributed by atoms with Gasteiger partial charge in [-0.3, -0.25) is 0 Å². The molecule has 1 N–H and O–H groups in total. The predicted octanol–water partition coefficient (Wildman–Crippen LogP) is 3.62. The maximum Gasteiger partial charge on any atom is 0.127 e. The number of hydrogen-bond donors (Lipinski definition) is 1. The van der Waals surface area contributed by atoms with E-state index < -0.39 is 0 Å². The van der Waals surface area contributed by atoms with Crippen molar-refractivity contribution in [1.29, 1.82) is 0 Å². The van der Waals surface area contributed by atoms with Crippen molar-refractivity contribution in [2.75, 3.05) is 13.2 Å². The van der Waals surface area contributed by atoms with E-state index in [4.69, 9.17) is 16.3 Å². The summed E-state index contributed by atoms with van der Waals surface area (Å²) in [5.74, 6) is -0.258. The van der Waals surface area contributed by atoms with Gasteiger partial charge in [-0.1, -0.05) is 24.6 Å². The molecule has 1 aliphatic rings. The molecule has 2 atom stereocenters. The highest BCUT2D eigenvalue weighted by Crippen LogP contribution is 2.32. The second kappa shape index (κ2) is 6.00. The summed E-state index contributed by atoms with van der Waals surface area (Å²) in [4.78, 5) is 0. The minimum atomic E-state index is -0.258. The molecular formula is C14H19ClFNO. The van der Waals surface area contributed by atoms with Gasteiger partial charge in [0.15, 0.2) is 0 Å². The summed E-state index contributed by atoms with van der Waals surface area (Å²) in [5, 5.41) is 3.87. The summed E-state index contributed by atoms with van der Waals surface area (Å²) in [6.07, 6.45) is 2.22. The number of halogens is 2. The van der Waals surface area contributed by atoms with Crippen LogP contribution in [0, 0.1) is 12.7 Å². The fraction of sp³-hybridized carbons (Fsp3) is 0.571.